The van der Waals surface area contributed by atoms with Gasteiger partial charge in [-0.25, -0.2) is 8.42 Å². The summed E-state index contributed by atoms with van der Waals surface area (Å²) in [5, 5.41) is 0. The first-order valence-electron chi connectivity index (χ1n) is 5.96. The van der Waals surface area contributed by atoms with Crippen LogP contribution in [0.1, 0.15) is 6.42 Å². The minimum Gasteiger partial charge on any atom is -0.495 e. The highest BCUT2D eigenvalue weighted by atomic mass is 32.2. The van der Waals surface area contributed by atoms with E-state index in [2.05, 4.69) is 0 Å². The summed E-state index contributed by atoms with van der Waals surface area (Å²) < 4.78 is 36.5. The first-order chi connectivity index (χ1) is 8.96. The number of ether oxygens (including phenoxy) is 2. The maximum Gasteiger partial charge on any atom is 0.243 e. The van der Waals surface area contributed by atoms with Gasteiger partial charge in [-0.05, 0) is 24.6 Å². The maximum atomic E-state index is 12.4. The molecule has 1 aromatic carbocycles. The Morgan fingerprint density at radius 2 is 2.21 bits per heavy atom. The zero-order valence-corrected chi connectivity index (χ0v) is 11.8. The third-order valence-corrected chi connectivity index (χ3v) is 5.20. The summed E-state index contributed by atoms with van der Waals surface area (Å²) in [6.07, 6.45) is 0.710. The van der Waals surface area contributed by atoms with Gasteiger partial charge < -0.3 is 15.2 Å². The van der Waals surface area contributed by atoms with E-state index in [1.807, 2.05) is 0 Å². The number of benzene rings is 1. The fourth-order valence-electron chi connectivity index (χ4n) is 2.04. The highest BCUT2D eigenvalue weighted by Gasteiger charge is 2.30. The second kappa shape index (κ2) is 5.36. The number of nitrogens with two attached hydrogens (primary N) is 1. The molecule has 106 valence electrons. The van der Waals surface area contributed by atoms with Gasteiger partial charge in [0.15, 0.2) is 0 Å². The van der Waals surface area contributed by atoms with Crippen LogP contribution in [0.25, 0.3) is 0 Å². The molecule has 1 aliphatic heterocycles. The molecule has 1 unspecified atom stereocenters. The van der Waals surface area contributed by atoms with Gasteiger partial charge in [-0.1, -0.05) is 0 Å². The van der Waals surface area contributed by atoms with E-state index < -0.39 is 10.0 Å². The van der Waals surface area contributed by atoms with Crippen molar-refractivity contribution in [3.05, 3.63) is 18.2 Å². The molecule has 6 nitrogen and oxygen atoms in total. The Kier molecular flexibility index (Phi) is 3.98. The number of nitrogen functional groups attached to an aromatic ring is 1. The molecule has 1 heterocycles. The van der Waals surface area contributed by atoms with E-state index in [4.69, 9.17) is 15.2 Å². The summed E-state index contributed by atoms with van der Waals surface area (Å²) in [4.78, 5) is 0.167. The monoisotopic (exact) mass is 286 g/mol. The molecule has 7 heteroatoms. The van der Waals surface area contributed by atoms with Crippen LogP contribution in [-0.2, 0) is 14.8 Å². The van der Waals surface area contributed by atoms with Gasteiger partial charge in [0.25, 0.3) is 0 Å². The topological polar surface area (TPSA) is 81.9 Å². The zero-order chi connectivity index (χ0) is 14.0. The van der Waals surface area contributed by atoms with E-state index >= 15 is 0 Å². The molecule has 0 saturated carbocycles. The van der Waals surface area contributed by atoms with Crippen molar-refractivity contribution >= 4 is 15.7 Å². The molecule has 1 atom stereocenters. The highest BCUT2D eigenvalue weighted by molar-refractivity contribution is 7.89. The van der Waals surface area contributed by atoms with Crippen LogP contribution < -0.4 is 10.5 Å². The predicted molar refractivity (Wildman–Crippen MR) is 71.6 cm³/mol. The number of sulfonamides is 1. The van der Waals surface area contributed by atoms with Gasteiger partial charge >= 0.3 is 0 Å². The first kappa shape index (κ1) is 14.1. The Morgan fingerprint density at radius 3 is 2.74 bits per heavy atom. The van der Waals surface area contributed by atoms with Crippen molar-refractivity contribution < 1.29 is 17.9 Å². The molecule has 0 spiro atoms. The Bertz CT molecular complexity index is 553. The molecule has 0 aliphatic carbocycles. The largest absolute Gasteiger partial charge is 0.495 e. The molecular weight excluding hydrogens is 268 g/mol. The van der Waals surface area contributed by atoms with Crippen LogP contribution in [0.15, 0.2) is 23.1 Å². The second-order valence-corrected chi connectivity index (χ2v) is 6.44. The Labute approximate surface area is 113 Å². The quantitative estimate of drug-likeness (QED) is 0.823. The molecule has 2 N–H and O–H groups in total. The summed E-state index contributed by atoms with van der Waals surface area (Å²) in [6.45, 7) is 1.02. The summed E-state index contributed by atoms with van der Waals surface area (Å²) in [5.74, 6) is 0.464. The number of anilines is 1. The van der Waals surface area contributed by atoms with Gasteiger partial charge in [-0.2, -0.15) is 4.31 Å². The van der Waals surface area contributed by atoms with Crippen molar-refractivity contribution in [3.63, 3.8) is 0 Å². The summed E-state index contributed by atoms with van der Waals surface area (Å²) in [5.41, 5.74) is 6.05. The molecular formula is C12H18N2O4S. The zero-order valence-electron chi connectivity index (χ0n) is 11.0. The number of nitrogens with zero attached hydrogens (tertiary/aromatic N) is 1. The fourth-order valence-corrected chi connectivity index (χ4v) is 3.45. The van der Waals surface area contributed by atoms with Gasteiger partial charge in [0.2, 0.25) is 10.0 Å². The van der Waals surface area contributed by atoms with E-state index in [1.54, 1.807) is 13.1 Å². The van der Waals surface area contributed by atoms with E-state index in [1.165, 1.54) is 23.5 Å². The molecule has 2 rings (SSSR count). The molecule has 0 amide bonds. The summed E-state index contributed by atoms with van der Waals surface area (Å²) in [7, 11) is -0.500. The molecule has 0 bridgehead atoms. The average molecular weight is 286 g/mol. The van der Waals surface area contributed by atoms with Gasteiger partial charge in [-0.15, -0.1) is 0 Å². The lowest BCUT2D eigenvalue weighted by Gasteiger charge is -2.22. The predicted octanol–water partition coefficient (Wildman–Crippen LogP) is 0.687. The molecule has 19 heavy (non-hydrogen) atoms. The fraction of sp³-hybridized carbons (Fsp3) is 0.500. The number of hydrogen-bond acceptors (Lipinski definition) is 5. The molecule has 1 aliphatic rings. The molecule has 1 saturated heterocycles. The lowest BCUT2D eigenvalue weighted by atomic mass is 10.3. The van der Waals surface area contributed by atoms with Crippen molar-refractivity contribution in [1.29, 1.82) is 0 Å². The number of rotatable bonds is 4. The standard InChI is InChI=1S/C12H18N2O4S/c1-14(9-5-6-18-8-9)19(15,16)10-3-4-12(17-2)11(13)7-10/h3-4,7,9H,5-6,8,13H2,1-2H3. The molecule has 0 radical (unpaired) electrons. The normalized spacial score (nSPS) is 19.8. The summed E-state index contributed by atoms with van der Waals surface area (Å²) >= 11 is 0. The van der Waals surface area contributed by atoms with Gasteiger partial charge in [-0.3, -0.25) is 0 Å². The lowest BCUT2D eigenvalue weighted by Crippen LogP contribution is -2.37. The second-order valence-electron chi connectivity index (χ2n) is 4.44. The number of methoxy groups -OCH3 is 1. The van der Waals surface area contributed by atoms with Crippen molar-refractivity contribution in [2.24, 2.45) is 0 Å². The van der Waals surface area contributed by atoms with Crippen LogP contribution >= 0.6 is 0 Å². The third-order valence-electron chi connectivity index (χ3n) is 3.30. The first-order valence-corrected chi connectivity index (χ1v) is 7.40. The Morgan fingerprint density at radius 1 is 1.47 bits per heavy atom. The minimum atomic E-state index is -3.55. The Balaban J connectivity index is 2.30. The SMILES string of the molecule is COc1ccc(S(=O)(=O)N(C)C2CCOC2)cc1N. The third kappa shape index (κ3) is 2.68. The molecule has 1 aromatic rings. The van der Waals surface area contributed by atoms with Crippen LogP contribution in [0.3, 0.4) is 0 Å². The average Bonchev–Trinajstić information content (AvgIpc) is 2.91. The van der Waals surface area contributed by atoms with Crippen LogP contribution in [0.5, 0.6) is 5.75 Å². The van der Waals surface area contributed by atoms with Crippen LogP contribution in [0.2, 0.25) is 0 Å². The number of hydrogen-bond donors (Lipinski definition) is 1. The van der Waals surface area contributed by atoms with Gasteiger partial charge in [0.05, 0.1) is 30.3 Å². The van der Waals surface area contributed by atoms with Crippen molar-refractivity contribution in [1.82, 2.24) is 4.31 Å². The lowest BCUT2D eigenvalue weighted by molar-refractivity contribution is 0.181. The van der Waals surface area contributed by atoms with Gasteiger partial charge in [0, 0.05) is 13.7 Å². The van der Waals surface area contributed by atoms with Crippen LogP contribution in [-0.4, -0.2) is 46.1 Å². The van der Waals surface area contributed by atoms with Crippen LogP contribution in [0, 0.1) is 0 Å². The molecule has 0 aromatic heterocycles. The smallest absolute Gasteiger partial charge is 0.243 e. The molecule has 1 fully saturated rings. The van der Waals surface area contributed by atoms with E-state index in [0.717, 1.165) is 0 Å². The highest BCUT2D eigenvalue weighted by Crippen LogP contribution is 2.27. The van der Waals surface area contributed by atoms with Crippen molar-refractivity contribution in [2.45, 2.75) is 17.4 Å². The Hall–Kier alpha value is -1.31. The van der Waals surface area contributed by atoms with Crippen molar-refractivity contribution in [2.75, 3.05) is 33.1 Å². The minimum absolute atomic E-state index is 0.117. The van der Waals surface area contributed by atoms with E-state index in [0.29, 0.717) is 31.1 Å². The van der Waals surface area contributed by atoms with E-state index in [9.17, 15) is 8.42 Å². The van der Waals surface area contributed by atoms with E-state index in [-0.39, 0.29) is 10.9 Å². The summed E-state index contributed by atoms with van der Waals surface area (Å²) in [6, 6.07) is 4.35. The van der Waals surface area contributed by atoms with Gasteiger partial charge in [0.1, 0.15) is 5.75 Å². The maximum absolute atomic E-state index is 12.4. The van der Waals surface area contributed by atoms with Crippen molar-refractivity contribution in [3.8, 4) is 5.75 Å². The van der Waals surface area contributed by atoms with Crippen LogP contribution in [0.4, 0.5) is 5.69 Å². The number of likely N-dealkylation sites (N-methyl/N-ethyl adjacent to an activating group) is 1.